The lowest BCUT2D eigenvalue weighted by Gasteiger charge is -2.39. The van der Waals surface area contributed by atoms with Gasteiger partial charge in [0.25, 0.3) is 0 Å². The third-order valence-corrected chi connectivity index (χ3v) is 6.11. The van der Waals surface area contributed by atoms with Crippen LogP contribution >= 0.6 is 0 Å². The van der Waals surface area contributed by atoms with Gasteiger partial charge in [-0.3, -0.25) is 4.90 Å². The van der Waals surface area contributed by atoms with Crippen LogP contribution in [0.4, 0.5) is 21.1 Å². The Morgan fingerprint density at radius 3 is 2.61 bits per heavy atom. The number of ether oxygens (including phenoxy) is 1. The van der Waals surface area contributed by atoms with Gasteiger partial charge >= 0.3 is 12.1 Å². The molecule has 3 heterocycles. The van der Waals surface area contributed by atoms with Crippen LogP contribution in [0.3, 0.4) is 0 Å². The topological polar surface area (TPSA) is 120 Å². The molecule has 2 atom stereocenters. The molecule has 2 aliphatic heterocycles. The maximum absolute atomic E-state index is 11.8. The third-order valence-electron chi connectivity index (χ3n) is 6.11. The number of carbonyl (C=O) groups is 2. The molecule has 4 rings (SSSR count). The van der Waals surface area contributed by atoms with Crippen molar-refractivity contribution in [3.05, 3.63) is 35.5 Å². The Balaban J connectivity index is 1.73. The number of carbonyl (C=O) groups excluding carboxylic acids is 1. The maximum atomic E-state index is 11.8. The molecule has 176 valence electrons. The van der Waals surface area contributed by atoms with Crippen LogP contribution in [0.5, 0.6) is 0 Å². The second-order valence-corrected chi connectivity index (χ2v) is 8.32. The van der Waals surface area contributed by atoms with Crippen molar-refractivity contribution in [2.75, 3.05) is 43.1 Å². The number of hydrogen-bond donors (Lipinski definition) is 3. The second-order valence-electron chi connectivity index (χ2n) is 8.32. The lowest BCUT2D eigenvalue weighted by molar-refractivity contribution is 0.0981. The summed E-state index contributed by atoms with van der Waals surface area (Å²) < 4.78 is 5.61. The van der Waals surface area contributed by atoms with E-state index in [0.717, 1.165) is 29.2 Å². The van der Waals surface area contributed by atoms with Crippen molar-refractivity contribution in [2.45, 2.75) is 39.3 Å². The van der Waals surface area contributed by atoms with Gasteiger partial charge in [-0.2, -0.15) is 0 Å². The monoisotopic (exact) mass is 454 g/mol. The molecule has 10 nitrogen and oxygen atoms in total. The number of rotatable bonds is 4. The SMILES string of the molecule is CCNC(=O)Nc1ccc(-c2nc3c(c(N4CCOC[C@@H]4C)n2)CCN(C(=O)O)C3C)cc1. The summed E-state index contributed by atoms with van der Waals surface area (Å²) in [5.41, 5.74) is 3.20. The van der Waals surface area contributed by atoms with E-state index in [4.69, 9.17) is 14.7 Å². The van der Waals surface area contributed by atoms with Gasteiger partial charge in [-0.1, -0.05) is 0 Å². The van der Waals surface area contributed by atoms with E-state index in [1.54, 1.807) is 12.1 Å². The average Bonchev–Trinajstić information content (AvgIpc) is 2.80. The molecular weight excluding hydrogens is 424 g/mol. The molecule has 2 aromatic rings. The Labute approximate surface area is 193 Å². The van der Waals surface area contributed by atoms with Gasteiger partial charge in [-0.05, 0) is 51.5 Å². The number of amides is 3. The van der Waals surface area contributed by atoms with E-state index in [9.17, 15) is 14.7 Å². The number of morpholine rings is 1. The fourth-order valence-electron chi connectivity index (χ4n) is 4.36. The minimum atomic E-state index is -0.949. The molecule has 10 heteroatoms. The highest BCUT2D eigenvalue weighted by Crippen LogP contribution is 2.36. The fraction of sp³-hybridized carbons (Fsp3) is 0.478. The number of benzene rings is 1. The second kappa shape index (κ2) is 9.62. The van der Waals surface area contributed by atoms with Crippen molar-refractivity contribution in [1.29, 1.82) is 0 Å². The number of nitrogens with zero attached hydrogens (tertiary/aromatic N) is 4. The van der Waals surface area contributed by atoms with E-state index >= 15 is 0 Å². The van der Waals surface area contributed by atoms with Gasteiger partial charge in [0, 0.05) is 36.4 Å². The van der Waals surface area contributed by atoms with E-state index in [1.165, 1.54) is 4.90 Å². The van der Waals surface area contributed by atoms with Gasteiger partial charge in [0.15, 0.2) is 5.82 Å². The molecule has 33 heavy (non-hydrogen) atoms. The summed E-state index contributed by atoms with van der Waals surface area (Å²) in [5.74, 6) is 1.39. The zero-order valence-electron chi connectivity index (χ0n) is 19.2. The highest BCUT2D eigenvalue weighted by atomic mass is 16.5. The number of urea groups is 1. The first-order valence-corrected chi connectivity index (χ1v) is 11.3. The van der Waals surface area contributed by atoms with Crippen LogP contribution in [0.1, 0.15) is 38.1 Å². The van der Waals surface area contributed by atoms with Gasteiger partial charge in [-0.25, -0.2) is 19.6 Å². The zero-order valence-corrected chi connectivity index (χ0v) is 19.2. The van der Waals surface area contributed by atoms with Crippen molar-refractivity contribution in [3.63, 3.8) is 0 Å². The summed E-state index contributed by atoms with van der Waals surface area (Å²) >= 11 is 0. The molecule has 0 saturated carbocycles. The van der Waals surface area contributed by atoms with Crippen molar-refractivity contribution in [1.82, 2.24) is 20.2 Å². The predicted molar refractivity (Wildman–Crippen MR) is 125 cm³/mol. The standard InChI is InChI=1S/C23H30N6O4/c1-4-24-22(30)25-17-7-5-16(6-8-17)20-26-19-15(3)29(23(31)32)10-9-18(19)21(27-20)28-11-12-33-13-14(28)2/h5-8,14-15H,4,9-13H2,1-3H3,(H,31,32)(H2,24,25,30)/t14-,15?/m0/s1. The average molecular weight is 455 g/mol. The van der Waals surface area contributed by atoms with Crippen LogP contribution in [0.2, 0.25) is 0 Å². The summed E-state index contributed by atoms with van der Waals surface area (Å²) in [5, 5.41) is 15.1. The third kappa shape index (κ3) is 4.70. The molecule has 0 bridgehead atoms. The van der Waals surface area contributed by atoms with Crippen molar-refractivity contribution >= 4 is 23.6 Å². The maximum Gasteiger partial charge on any atom is 0.407 e. The minimum absolute atomic E-state index is 0.155. The summed E-state index contributed by atoms with van der Waals surface area (Å²) in [6.07, 6.45) is -0.378. The highest BCUT2D eigenvalue weighted by molar-refractivity contribution is 5.89. The Hall–Kier alpha value is -3.40. The number of aromatic nitrogens is 2. The van der Waals surface area contributed by atoms with Gasteiger partial charge < -0.3 is 25.4 Å². The molecule has 2 aliphatic rings. The van der Waals surface area contributed by atoms with Gasteiger partial charge in [-0.15, -0.1) is 0 Å². The Morgan fingerprint density at radius 1 is 1.18 bits per heavy atom. The van der Waals surface area contributed by atoms with E-state index in [2.05, 4.69) is 22.5 Å². The number of carboxylic acid groups (broad SMARTS) is 1. The lowest BCUT2D eigenvalue weighted by atomic mass is 9.98. The molecular formula is C23H30N6O4. The smallest absolute Gasteiger partial charge is 0.407 e. The summed E-state index contributed by atoms with van der Waals surface area (Å²) in [7, 11) is 0. The Kier molecular flexibility index (Phi) is 6.64. The molecule has 3 amide bonds. The summed E-state index contributed by atoms with van der Waals surface area (Å²) in [6.45, 7) is 8.74. The lowest BCUT2D eigenvalue weighted by Crippen LogP contribution is -2.46. The Bertz CT molecular complexity index is 1030. The number of nitrogens with one attached hydrogen (secondary N) is 2. The van der Waals surface area contributed by atoms with E-state index in [-0.39, 0.29) is 18.1 Å². The molecule has 0 spiro atoms. The van der Waals surface area contributed by atoms with E-state index in [1.807, 2.05) is 26.0 Å². The molecule has 1 saturated heterocycles. The van der Waals surface area contributed by atoms with Gasteiger partial charge in [0.1, 0.15) is 5.82 Å². The number of anilines is 2. The van der Waals surface area contributed by atoms with Gasteiger partial charge in [0.2, 0.25) is 0 Å². The van der Waals surface area contributed by atoms with Crippen LogP contribution in [-0.2, 0) is 11.2 Å². The van der Waals surface area contributed by atoms with E-state index in [0.29, 0.717) is 44.2 Å². The first-order chi connectivity index (χ1) is 15.9. The number of fused-ring (bicyclic) bond motifs is 1. The van der Waals surface area contributed by atoms with Crippen molar-refractivity contribution < 1.29 is 19.4 Å². The quantitative estimate of drug-likeness (QED) is 0.649. The molecule has 1 aromatic carbocycles. The van der Waals surface area contributed by atoms with Crippen LogP contribution in [-0.4, -0.2) is 71.0 Å². The zero-order chi connectivity index (χ0) is 23.5. The molecule has 1 aromatic heterocycles. The molecule has 1 fully saturated rings. The predicted octanol–water partition coefficient (Wildman–Crippen LogP) is 3.11. The molecule has 0 radical (unpaired) electrons. The fourth-order valence-corrected chi connectivity index (χ4v) is 4.36. The molecule has 1 unspecified atom stereocenters. The minimum Gasteiger partial charge on any atom is -0.465 e. The largest absolute Gasteiger partial charge is 0.465 e. The highest BCUT2D eigenvalue weighted by Gasteiger charge is 2.34. The summed E-state index contributed by atoms with van der Waals surface area (Å²) in [6, 6.07) is 6.84. The van der Waals surface area contributed by atoms with Crippen molar-refractivity contribution in [3.8, 4) is 11.4 Å². The van der Waals surface area contributed by atoms with Crippen LogP contribution in [0.25, 0.3) is 11.4 Å². The van der Waals surface area contributed by atoms with Crippen LogP contribution < -0.4 is 15.5 Å². The van der Waals surface area contributed by atoms with Crippen molar-refractivity contribution in [2.24, 2.45) is 0 Å². The van der Waals surface area contributed by atoms with Crippen LogP contribution in [0.15, 0.2) is 24.3 Å². The first-order valence-electron chi connectivity index (χ1n) is 11.3. The molecule has 3 N–H and O–H groups in total. The van der Waals surface area contributed by atoms with Gasteiger partial charge in [0.05, 0.1) is 31.0 Å². The Morgan fingerprint density at radius 2 is 1.94 bits per heavy atom. The van der Waals surface area contributed by atoms with E-state index < -0.39 is 6.09 Å². The molecule has 0 aliphatic carbocycles. The van der Waals surface area contributed by atoms with Crippen LogP contribution in [0, 0.1) is 0 Å². The first kappa shape index (κ1) is 22.8. The number of hydrogen-bond acceptors (Lipinski definition) is 6. The summed E-state index contributed by atoms with van der Waals surface area (Å²) in [4.78, 5) is 37.0. The normalized spacial score (nSPS) is 20.2.